The van der Waals surface area contributed by atoms with Crippen molar-refractivity contribution in [2.45, 2.75) is 114 Å². The van der Waals surface area contributed by atoms with Crippen LogP contribution in [0.4, 0.5) is 5.82 Å². The number of methoxy groups -OCH3 is 1. The second-order valence-electron chi connectivity index (χ2n) is 14.0. The summed E-state index contributed by atoms with van der Waals surface area (Å²) in [7, 11) is 1.46. The SMILES string of the molecule is COc1cc2c(cc1O)[C@H](C[C@H](O)[C@H](O)CCc1ccnc(N)c1)C#C[C@H]([C@H](O)CCCC[C@@H]1CN[C@@H]3CC(=O)CC[C@@H]3C1)C(=O)CC2. The van der Waals surface area contributed by atoms with Crippen molar-refractivity contribution in [3.63, 3.8) is 0 Å². The number of aliphatic hydroxyl groups is 3. The summed E-state index contributed by atoms with van der Waals surface area (Å²) in [6, 6.07) is 7.15. The molecule has 0 spiro atoms. The third-order valence-electron chi connectivity index (χ3n) is 10.6. The van der Waals surface area contributed by atoms with Gasteiger partial charge in [-0.15, -0.1) is 0 Å². The summed E-state index contributed by atoms with van der Waals surface area (Å²) in [5.41, 5.74) is 8.12. The van der Waals surface area contributed by atoms with Gasteiger partial charge in [0.2, 0.25) is 0 Å². The van der Waals surface area contributed by atoms with Crippen LogP contribution in [0.2, 0.25) is 0 Å². The molecular formula is C38H51N3O7. The van der Waals surface area contributed by atoms with E-state index in [1.165, 1.54) is 7.11 Å². The lowest BCUT2D eigenvalue weighted by Gasteiger charge is -2.39. The first-order valence-electron chi connectivity index (χ1n) is 17.5. The molecule has 2 fully saturated rings. The third-order valence-corrected chi connectivity index (χ3v) is 10.6. The van der Waals surface area contributed by atoms with Gasteiger partial charge >= 0.3 is 0 Å². The van der Waals surface area contributed by atoms with Crippen LogP contribution in [0.15, 0.2) is 30.5 Å². The second-order valence-corrected chi connectivity index (χ2v) is 14.0. The van der Waals surface area contributed by atoms with E-state index in [-0.39, 0.29) is 30.1 Å². The number of nitrogen functional groups attached to an aromatic ring is 1. The van der Waals surface area contributed by atoms with Crippen LogP contribution in [0.5, 0.6) is 11.5 Å². The van der Waals surface area contributed by atoms with E-state index in [1.807, 2.05) is 6.07 Å². The fraction of sp³-hybridized carbons (Fsp3) is 0.605. The van der Waals surface area contributed by atoms with Crippen molar-refractivity contribution in [3.05, 3.63) is 47.2 Å². The van der Waals surface area contributed by atoms with Gasteiger partial charge in [-0.2, -0.15) is 0 Å². The average molecular weight is 662 g/mol. The Kier molecular flexibility index (Phi) is 12.5. The number of nitrogens with one attached hydrogen (secondary N) is 1. The highest BCUT2D eigenvalue weighted by atomic mass is 16.5. The molecule has 2 aliphatic carbocycles. The van der Waals surface area contributed by atoms with Gasteiger partial charge in [-0.1, -0.05) is 24.7 Å². The molecule has 8 atom stereocenters. The summed E-state index contributed by atoms with van der Waals surface area (Å²) in [6.07, 6.45) is 6.60. The number of fused-ring (bicyclic) bond motifs is 2. The summed E-state index contributed by atoms with van der Waals surface area (Å²) in [5.74, 6) is 6.72. The smallest absolute Gasteiger partial charge is 0.160 e. The van der Waals surface area contributed by atoms with Crippen LogP contribution in [0.3, 0.4) is 0 Å². The fourth-order valence-corrected chi connectivity index (χ4v) is 7.73. The van der Waals surface area contributed by atoms with Gasteiger partial charge in [-0.3, -0.25) is 9.59 Å². The highest BCUT2D eigenvalue weighted by Gasteiger charge is 2.35. The Morgan fingerprint density at radius 1 is 1.06 bits per heavy atom. The molecule has 1 saturated carbocycles. The number of hydrogen-bond acceptors (Lipinski definition) is 10. The summed E-state index contributed by atoms with van der Waals surface area (Å²) in [6.45, 7) is 0.921. The molecular weight excluding hydrogens is 610 g/mol. The lowest BCUT2D eigenvalue weighted by molar-refractivity contribution is -0.124. The molecule has 0 unspecified atom stereocenters. The number of aromatic nitrogens is 1. The minimum atomic E-state index is -1.13. The molecule has 7 N–H and O–H groups in total. The zero-order chi connectivity index (χ0) is 34.2. The van der Waals surface area contributed by atoms with Crippen LogP contribution in [-0.2, 0) is 22.4 Å². The molecule has 1 aromatic heterocycles. The second kappa shape index (κ2) is 16.8. The number of ketones is 2. The maximum absolute atomic E-state index is 13.4. The maximum atomic E-state index is 13.4. The molecule has 3 aliphatic rings. The average Bonchev–Trinajstić information content (AvgIpc) is 3.13. The van der Waals surface area contributed by atoms with Gasteiger partial charge in [-0.25, -0.2) is 4.98 Å². The normalized spacial score (nSPS) is 26.0. The predicted molar refractivity (Wildman–Crippen MR) is 182 cm³/mol. The van der Waals surface area contributed by atoms with Crippen molar-refractivity contribution >= 4 is 17.4 Å². The van der Waals surface area contributed by atoms with Gasteiger partial charge < -0.3 is 36.2 Å². The van der Waals surface area contributed by atoms with Crippen LogP contribution in [0, 0.1) is 29.6 Å². The molecule has 2 aromatic rings. The van der Waals surface area contributed by atoms with E-state index in [2.05, 4.69) is 22.1 Å². The van der Waals surface area contributed by atoms with E-state index in [0.29, 0.717) is 73.6 Å². The largest absolute Gasteiger partial charge is 0.504 e. The van der Waals surface area contributed by atoms with Gasteiger partial charge in [0.15, 0.2) is 17.3 Å². The van der Waals surface area contributed by atoms with Crippen molar-refractivity contribution in [1.82, 2.24) is 10.3 Å². The highest BCUT2D eigenvalue weighted by Crippen LogP contribution is 2.37. The predicted octanol–water partition coefficient (Wildman–Crippen LogP) is 3.61. The number of unbranched alkanes of at least 4 members (excludes halogenated alkanes) is 1. The number of nitrogens with two attached hydrogens (primary N) is 1. The highest BCUT2D eigenvalue weighted by molar-refractivity contribution is 5.85. The van der Waals surface area contributed by atoms with Gasteiger partial charge in [0.1, 0.15) is 17.5 Å². The standard InChI is InChI=1S/C38H51N3O7/c1-48-37-19-26-9-13-33(44)29(32(43)5-3-2-4-24-16-27-7-10-28(42)20-31(27)41-22-24)11-8-25(30(26)21-36(37)47)18-35(46)34(45)12-6-23-14-15-40-38(39)17-23/h14-15,17,19,21,24-25,27,29,31-32,34-35,41,43,45-47H,2-7,9-10,12-13,16,18,20,22H2,1H3,(H2,39,40)/t24-,25-,27+,29+,31+,32+,34+,35-/m0/s1. The molecule has 10 heteroatoms. The third kappa shape index (κ3) is 9.35. The number of benzene rings is 1. The van der Waals surface area contributed by atoms with Crippen molar-refractivity contribution < 1.29 is 34.8 Å². The number of nitrogens with zero attached hydrogens (tertiary/aromatic N) is 1. The summed E-state index contributed by atoms with van der Waals surface area (Å²) in [5, 5.41) is 47.5. The Bertz CT molecular complexity index is 1490. The minimum Gasteiger partial charge on any atom is -0.504 e. The minimum absolute atomic E-state index is 0.0730. The van der Waals surface area contributed by atoms with E-state index < -0.39 is 30.1 Å². The fourth-order valence-electron chi connectivity index (χ4n) is 7.73. The number of phenolic OH excluding ortho intramolecular Hbond substituents is 1. The first-order chi connectivity index (χ1) is 23.1. The van der Waals surface area contributed by atoms with E-state index >= 15 is 0 Å². The van der Waals surface area contributed by atoms with Crippen LogP contribution in [0.25, 0.3) is 0 Å². The number of anilines is 1. The molecule has 1 saturated heterocycles. The van der Waals surface area contributed by atoms with Gasteiger partial charge in [-0.05, 0) is 111 Å². The molecule has 0 bridgehead atoms. The summed E-state index contributed by atoms with van der Waals surface area (Å²) < 4.78 is 5.34. The number of hydrogen-bond donors (Lipinski definition) is 6. The summed E-state index contributed by atoms with van der Waals surface area (Å²) >= 11 is 0. The molecule has 0 amide bonds. The van der Waals surface area contributed by atoms with Crippen molar-refractivity contribution in [3.8, 4) is 23.3 Å². The molecule has 10 nitrogen and oxygen atoms in total. The molecule has 1 aromatic carbocycles. The number of ether oxygens (including phenoxy) is 1. The van der Waals surface area contributed by atoms with Crippen LogP contribution < -0.4 is 15.8 Å². The number of phenols is 1. The number of carbonyl (C=O) groups is 2. The van der Waals surface area contributed by atoms with Gasteiger partial charge in [0, 0.05) is 37.4 Å². The van der Waals surface area contributed by atoms with Crippen molar-refractivity contribution in [2.75, 3.05) is 19.4 Å². The number of carbonyl (C=O) groups excluding carboxylic acids is 2. The number of Topliss-reactive ketones (excluding diaryl/α,β-unsaturated/α-hetero) is 2. The first-order valence-corrected chi connectivity index (χ1v) is 17.5. The van der Waals surface area contributed by atoms with E-state index in [1.54, 1.807) is 24.4 Å². The van der Waals surface area contributed by atoms with Crippen LogP contribution >= 0.6 is 0 Å². The first kappa shape index (κ1) is 35.8. The van der Waals surface area contributed by atoms with Crippen LogP contribution in [-0.4, -0.2) is 75.0 Å². The maximum Gasteiger partial charge on any atom is 0.160 e. The monoisotopic (exact) mass is 661 g/mol. The summed E-state index contributed by atoms with van der Waals surface area (Å²) in [4.78, 5) is 29.2. The quantitative estimate of drug-likeness (QED) is 0.137. The zero-order valence-electron chi connectivity index (χ0n) is 27.9. The molecule has 0 radical (unpaired) electrons. The Labute approximate surface area is 283 Å². The van der Waals surface area contributed by atoms with Gasteiger partial charge in [0.05, 0.1) is 25.4 Å². The zero-order valence-corrected chi connectivity index (χ0v) is 27.9. The van der Waals surface area contributed by atoms with E-state index in [9.17, 15) is 30.0 Å². The Morgan fingerprint density at radius 3 is 2.69 bits per heavy atom. The Hall–Kier alpha value is -3.49. The number of rotatable bonds is 13. The lowest BCUT2D eigenvalue weighted by Crippen LogP contribution is -2.48. The van der Waals surface area contributed by atoms with Crippen LogP contribution in [0.1, 0.15) is 93.2 Å². The topological polar surface area (TPSA) is 175 Å². The number of pyridine rings is 1. The molecule has 260 valence electrons. The molecule has 1 aliphatic heterocycles. The molecule has 48 heavy (non-hydrogen) atoms. The Balaban J connectivity index is 1.23. The van der Waals surface area contributed by atoms with E-state index in [0.717, 1.165) is 49.8 Å². The number of aromatic hydroxyl groups is 1. The molecule has 5 rings (SSSR count). The number of piperidine rings is 1. The van der Waals surface area contributed by atoms with Crippen molar-refractivity contribution in [1.29, 1.82) is 0 Å². The lowest BCUT2D eigenvalue weighted by atomic mass is 9.74. The Morgan fingerprint density at radius 2 is 1.90 bits per heavy atom. The number of aryl methyl sites for hydroxylation is 2. The molecule has 2 heterocycles. The van der Waals surface area contributed by atoms with Crippen molar-refractivity contribution in [2.24, 2.45) is 17.8 Å². The van der Waals surface area contributed by atoms with E-state index in [4.69, 9.17) is 10.5 Å². The van der Waals surface area contributed by atoms with Gasteiger partial charge in [0.25, 0.3) is 0 Å². The number of aliphatic hydroxyl groups excluding tert-OH is 3.